The number of hydrogen-bond acceptors (Lipinski definition) is 3. The molecule has 2 fully saturated rings. The average Bonchev–Trinajstić information content (AvgIpc) is 3.02. The maximum atomic E-state index is 14.0. The lowest BCUT2D eigenvalue weighted by Crippen LogP contribution is -2.46. The van der Waals surface area contributed by atoms with Crippen molar-refractivity contribution in [3.8, 4) is 5.75 Å². The molecular formula is C23H27ClFNO2. The number of nitrogens with zero attached hydrogens (tertiary/aromatic N) is 1. The molecule has 150 valence electrons. The lowest BCUT2D eigenvalue weighted by atomic mass is 9.76. The van der Waals surface area contributed by atoms with E-state index in [1.165, 1.54) is 6.07 Å². The SMILES string of the molecule is O[C@@H]1CCC[C@@]12CCCN(Cc1ccccc1OCc1c(F)cccc1Cl)C2. The van der Waals surface area contributed by atoms with Crippen molar-refractivity contribution in [2.75, 3.05) is 13.1 Å². The highest BCUT2D eigenvalue weighted by molar-refractivity contribution is 6.31. The maximum Gasteiger partial charge on any atom is 0.131 e. The van der Waals surface area contributed by atoms with Crippen LogP contribution >= 0.6 is 11.6 Å². The predicted octanol–water partition coefficient (Wildman–Crippen LogP) is 5.19. The third kappa shape index (κ3) is 4.05. The minimum Gasteiger partial charge on any atom is -0.488 e. The monoisotopic (exact) mass is 403 g/mol. The Morgan fingerprint density at radius 2 is 1.96 bits per heavy atom. The first-order valence-electron chi connectivity index (χ1n) is 10.1. The number of benzene rings is 2. The first kappa shape index (κ1) is 19.7. The Morgan fingerprint density at radius 1 is 1.14 bits per heavy atom. The molecule has 0 radical (unpaired) electrons. The normalized spacial score (nSPS) is 25.3. The molecule has 0 unspecified atom stereocenters. The molecule has 5 heteroatoms. The standard InChI is InChI=1S/C23H27ClFNO2/c24-19-7-3-8-20(25)18(19)15-28-21-9-2-1-6-17(21)14-26-13-5-12-23(16-26)11-4-10-22(23)27/h1-3,6-9,22,27H,4-5,10-16H2/t22-,23+/m1/s1. The summed E-state index contributed by atoms with van der Waals surface area (Å²) < 4.78 is 20.0. The van der Waals surface area contributed by atoms with Crippen LogP contribution in [0.15, 0.2) is 42.5 Å². The fraction of sp³-hybridized carbons (Fsp3) is 0.478. The van der Waals surface area contributed by atoms with Crippen LogP contribution in [0.5, 0.6) is 5.75 Å². The zero-order chi connectivity index (χ0) is 19.6. The van der Waals surface area contributed by atoms with Gasteiger partial charge in [0.05, 0.1) is 11.1 Å². The summed E-state index contributed by atoms with van der Waals surface area (Å²) in [5, 5.41) is 10.9. The van der Waals surface area contributed by atoms with Crippen molar-refractivity contribution in [3.05, 3.63) is 64.4 Å². The molecule has 1 spiro atoms. The first-order valence-corrected chi connectivity index (χ1v) is 10.5. The van der Waals surface area contributed by atoms with Gasteiger partial charge in [0.1, 0.15) is 18.2 Å². The van der Waals surface area contributed by atoms with E-state index in [9.17, 15) is 9.50 Å². The molecule has 0 aromatic heterocycles. The zero-order valence-corrected chi connectivity index (χ0v) is 16.8. The molecule has 2 aliphatic rings. The fourth-order valence-corrected chi connectivity index (χ4v) is 5.04. The van der Waals surface area contributed by atoms with Crippen LogP contribution in [0.3, 0.4) is 0 Å². The number of ether oxygens (including phenoxy) is 1. The minimum atomic E-state index is -0.349. The highest BCUT2D eigenvalue weighted by Crippen LogP contribution is 2.45. The third-order valence-corrected chi connectivity index (χ3v) is 6.70. The number of aliphatic hydroxyl groups excluding tert-OH is 1. The van der Waals surface area contributed by atoms with Crippen molar-refractivity contribution in [2.45, 2.75) is 51.4 Å². The highest BCUT2D eigenvalue weighted by atomic mass is 35.5. The predicted molar refractivity (Wildman–Crippen MR) is 109 cm³/mol. The Balaban J connectivity index is 1.46. The molecular weight excluding hydrogens is 377 g/mol. The van der Waals surface area contributed by atoms with Crippen LogP contribution in [0.4, 0.5) is 4.39 Å². The van der Waals surface area contributed by atoms with Crippen LogP contribution in [-0.2, 0) is 13.2 Å². The largest absolute Gasteiger partial charge is 0.488 e. The van der Waals surface area contributed by atoms with Crippen LogP contribution in [0, 0.1) is 11.2 Å². The summed E-state index contributed by atoms with van der Waals surface area (Å²) in [4.78, 5) is 2.43. The van der Waals surface area contributed by atoms with Crippen LogP contribution in [0.2, 0.25) is 5.02 Å². The number of aliphatic hydroxyl groups is 1. The van der Waals surface area contributed by atoms with Crippen LogP contribution < -0.4 is 4.74 Å². The molecule has 0 bridgehead atoms. The molecule has 28 heavy (non-hydrogen) atoms. The van der Waals surface area contributed by atoms with Gasteiger partial charge in [0, 0.05) is 29.6 Å². The summed E-state index contributed by atoms with van der Waals surface area (Å²) in [7, 11) is 0. The topological polar surface area (TPSA) is 32.7 Å². The average molecular weight is 404 g/mol. The van der Waals surface area contributed by atoms with Gasteiger partial charge in [-0.3, -0.25) is 4.90 Å². The first-order chi connectivity index (χ1) is 13.6. The third-order valence-electron chi connectivity index (χ3n) is 6.35. The number of halogens is 2. The molecule has 1 aliphatic heterocycles. The fourth-order valence-electron chi connectivity index (χ4n) is 4.83. The molecule has 1 saturated carbocycles. The molecule has 2 aromatic carbocycles. The van der Waals surface area contributed by atoms with Crippen molar-refractivity contribution < 1.29 is 14.2 Å². The lowest BCUT2D eigenvalue weighted by Gasteiger charge is -2.42. The number of piperidine rings is 1. The second-order valence-corrected chi connectivity index (χ2v) is 8.59. The molecule has 0 amide bonds. The van der Waals surface area contributed by atoms with Crippen molar-refractivity contribution in [3.63, 3.8) is 0 Å². The smallest absolute Gasteiger partial charge is 0.131 e. The second kappa shape index (κ2) is 8.40. The van der Waals surface area contributed by atoms with E-state index in [0.29, 0.717) is 10.6 Å². The quantitative estimate of drug-likeness (QED) is 0.746. The summed E-state index contributed by atoms with van der Waals surface area (Å²) in [5.74, 6) is 0.409. The van der Waals surface area contributed by atoms with Gasteiger partial charge < -0.3 is 9.84 Å². The molecule has 4 rings (SSSR count). The summed E-state index contributed by atoms with van der Waals surface area (Å²) in [6.45, 7) is 2.84. The van der Waals surface area contributed by atoms with E-state index in [1.54, 1.807) is 12.1 Å². The van der Waals surface area contributed by atoms with Crippen molar-refractivity contribution >= 4 is 11.6 Å². The van der Waals surface area contributed by atoms with Gasteiger partial charge in [-0.2, -0.15) is 0 Å². The van der Waals surface area contributed by atoms with Gasteiger partial charge in [-0.15, -0.1) is 0 Å². The van der Waals surface area contributed by atoms with Crippen molar-refractivity contribution in [1.29, 1.82) is 0 Å². The molecule has 1 saturated heterocycles. The van der Waals surface area contributed by atoms with Crippen molar-refractivity contribution in [1.82, 2.24) is 4.90 Å². The number of hydrogen-bond donors (Lipinski definition) is 1. The number of para-hydroxylation sites is 1. The molecule has 2 aromatic rings. The Kier molecular flexibility index (Phi) is 5.91. The molecule has 3 nitrogen and oxygen atoms in total. The van der Waals surface area contributed by atoms with Gasteiger partial charge in [-0.05, 0) is 50.4 Å². The molecule has 1 heterocycles. The Morgan fingerprint density at radius 3 is 2.75 bits per heavy atom. The molecule has 2 atom stereocenters. The van der Waals surface area contributed by atoms with Gasteiger partial charge in [0.15, 0.2) is 0 Å². The summed E-state index contributed by atoms with van der Waals surface area (Å²) in [6, 6.07) is 12.6. The van der Waals surface area contributed by atoms with E-state index in [2.05, 4.69) is 11.0 Å². The van der Waals surface area contributed by atoms with E-state index >= 15 is 0 Å². The molecule has 1 N–H and O–H groups in total. The Bertz CT molecular complexity index is 810. The van der Waals surface area contributed by atoms with Gasteiger partial charge in [-0.1, -0.05) is 42.3 Å². The van der Waals surface area contributed by atoms with Crippen LogP contribution in [0.1, 0.15) is 43.2 Å². The summed E-state index contributed by atoms with van der Waals surface area (Å²) >= 11 is 6.12. The van der Waals surface area contributed by atoms with E-state index in [4.69, 9.17) is 16.3 Å². The van der Waals surface area contributed by atoms with Crippen LogP contribution in [-0.4, -0.2) is 29.2 Å². The number of rotatable bonds is 5. The Hall–Kier alpha value is -1.62. The highest BCUT2D eigenvalue weighted by Gasteiger charge is 2.44. The Labute approximate surface area is 171 Å². The van der Waals surface area contributed by atoms with E-state index in [-0.39, 0.29) is 23.9 Å². The summed E-state index contributed by atoms with van der Waals surface area (Å²) in [5.41, 5.74) is 1.53. The van der Waals surface area contributed by atoms with Gasteiger partial charge in [0.2, 0.25) is 0 Å². The van der Waals surface area contributed by atoms with Gasteiger partial charge >= 0.3 is 0 Å². The van der Waals surface area contributed by atoms with Crippen molar-refractivity contribution in [2.24, 2.45) is 5.41 Å². The van der Waals surface area contributed by atoms with Gasteiger partial charge in [0.25, 0.3) is 0 Å². The van der Waals surface area contributed by atoms with E-state index in [0.717, 1.165) is 63.1 Å². The van der Waals surface area contributed by atoms with Gasteiger partial charge in [-0.25, -0.2) is 4.39 Å². The van der Waals surface area contributed by atoms with Crippen LogP contribution in [0.25, 0.3) is 0 Å². The van der Waals surface area contributed by atoms with E-state index in [1.807, 2.05) is 18.2 Å². The zero-order valence-electron chi connectivity index (χ0n) is 16.0. The maximum absolute atomic E-state index is 14.0. The summed E-state index contributed by atoms with van der Waals surface area (Å²) in [6.07, 6.45) is 5.23. The number of likely N-dealkylation sites (tertiary alicyclic amines) is 1. The van der Waals surface area contributed by atoms with E-state index < -0.39 is 0 Å². The minimum absolute atomic E-state index is 0.0642. The lowest BCUT2D eigenvalue weighted by molar-refractivity contribution is -0.0122. The second-order valence-electron chi connectivity index (χ2n) is 8.18. The molecule has 1 aliphatic carbocycles.